The van der Waals surface area contributed by atoms with Crippen LogP contribution in [0.25, 0.3) is 10.8 Å². The van der Waals surface area contributed by atoms with Gasteiger partial charge in [0.1, 0.15) is 17.6 Å². The Morgan fingerprint density at radius 1 is 1.05 bits per heavy atom. The van der Waals surface area contributed by atoms with Crippen LogP contribution >= 0.6 is 11.6 Å². The van der Waals surface area contributed by atoms with E-state index in [1.165, 1.54) is 24.4 Å². The van der Waals surface area contributed by atoms with E-state index < -0.39 is 5.91 Å². The number of halogens is 1. The van der Waals surface area contributed by atoms with E-state index in [-0.39, 0.29) is 35.0 Å². The molecule has 214 valence electrons. The number of phenols is 1. The topological polar surface area (TPSA) is 100 Å². The molecule has 5 rings (SSSR count). The number of carbonyl (C=O) groups is 2. The summed E-state index contributed by atoms with van der Waals surface area (Å²) in [6.45, 7) is 0.933. The Balaban J connectivity index is 1.25. The molecule has 0 fully saturated rings. The number of fused-ring (bicyclic) bond motifs is 1. The lowest BCUT2D eigenvalue weighted by atomic mass is 10.0. The van der Waals surface area contributed by atoms with Crippen molar-refractivity contribution in [2.75, 3.05) is 19.7 Å². The van der Waals surface area contributed by atoms with Crippen LogP contribution in [-0.4, -0.2) is 53.8 Å². The van der Waals surface area contributed by atoms with E-state index in [1.54, 1.807) is 17.2 Å². The molecule has 42 heavy (non-hydrogen) atoms. The first-order valence-corrected chi connectivity index (χ1v) is 13.9. The highest BCUT2D eigenvalue weighted by Gasteiger charge is 2.21. The van der Waals surface area contributed by atoms with E-state index in [0.29, 0.717) is 18.8 Å². The molecule has 0 bridgehead atoms. The molecule has 0 saturated heterocycles. The number of carbonyl (C=O) groups excluding carboxylic acids is 2. The van der Waals surface area contributed by atoms with Crippen LogP contribution in [0.2, 0.25) is 5.02 Å². The number of phenolic OH excluding ortho intramolecular Hbond substituents is 1. The van der Waals surface area contributed by atoms with Gasteiger partial charge in [-0.1, -0.05) is 66.2 Å². The third kappa shape index (κ3) is 7.27. The maximum absolute atomic E-state index is 13.3. The minimum Gasteiger partial charge on any atom is -0.506 e. The van der Waals surface area contributed by atoms with E-state index in [4.69, 9.17) is 21.1 Å². The Morgan fingerprint density at radius 2 is 1.83 bits per heavy atom. The predicted molar refractivity (Wildman–Crippen MR) is 163 cm³/mol. The van der Waals surface area contributed by atoms with Crippen molar-refractivity contribution in [3.05, 3.63) is 119 Å². The summed E-state index contributed by atoms with van der Waals surface area (Å²) in [4.78, 5) is 27.6. The molecule has 0 radical (unpaired) electrons. The summed E-state index contributed by atoms with van der Waals surface area (Å²) in [5.41, 5.74) is 4.65. The van der Waals surface area contributed by atoms with Gasteiger partial charge < -0.3 is 19.5 Å². The quantitative estimate of drug-likeness (QED) is 0.174. The highest BCUT2D eigenvalue weighted by Crippen LogP contribution is 2.28. The Bertz CT molecular complexity index is 1620. The Hall–Kier alpha value is -4.82. The summed E-state index contributed by atoms with van der Waals surface area (Å²) in [7, 11) is 0. The van der Waals surface area contributed by atoms with Gasteiger partial charge in [0, 0.05) is 29.5 Å². The first kappa shape index (κ1) is 28.7. The highest BCUT2D eigenvalue weighted by atomic mass is 35.5. The standard InChI is InChI=1S/C33H30ClN3O5/c34-29-19-24(12-14-30(29)38)33(40)36-35-20-25-13-15-31(28-11-5-4-10-27(25)28)42-22-32(39)37(21-26-9-6-18-41-26)17-16-23-7-2-1-3-8-23/h1-8,10-15,18-20,26,38H,9,16-17,21-22H2,(H,36,40)/b35-20+. The van der Waals surface area contributed by atoms with Gasteiger partial charge in [0.15, 0.2) is 6.61 Å². The average molecular weight is 584 g/mol. The summed E-state index contributed by atoms with van der Waals surface area (Å²) in [5, 5.41) is 15.4. The second-order valence-corrected chi connectivity index (χ2v) is 10.2. The molecular formula is C33H30ClN3O5. The molecule has 1 aliphatic heterocycles. The fourth-order valence-electron chi connectivity index (χ4n) is 4.66. The zero-order chi connectivity index (χ0) is 29.3. The molecule has 0 spiro atoms. The molecule has 8 nitrogen and oxygen atoms in total. The zero-order valence-electron chi connectivity index (χ0n) is 22.8. The number of nitrogens with one attached hydrogen (secondary N) is 1. The van der Waals surface area contributed by atoms with E-state index in [1.807, 2.05) is 54.6 Å². The minimum atomic E-state index is -0.466. The number of rotatable bonds is 11. The van der Waals surface area contributed by atoms with E-state index in [0.717, 1.165) is 34.7 Å². The molecule has 4 aromatic carbocycles. The van der Waals surface area contributed by atoms with Crippen LogP contribution in [-0.2, 0) is 16.0 Å². The smallest absolute Gasteiger partial charge is 0.271 e. The van der Waals surface area contributed by atoms with Crippen LogP contribution in [0.3, 0.4) is 0 Å². The highest BCUT2D eigenvalue weighted by molar-refractivity contribution is 6.32. The summed E-state index contributed by atoms with van der Waals surface area (Å²) in [6, 6.07) is 25.5. The van der Waals surface area contributed by atoms with Crippen LogP contribution < -0.4 is 10.2 Å². The summed E-state index contributed by atoms with van der Waals surface area (Å²) in [5.74, 6) is -0.118. The minimum absolute atomic E-state index is 0.0596. The van der Waals surface area contributed by atoms with Crippen molar-refractivity contribution >= 4 is 40.4 Å². The first-order chi connectivity index (χ1) is 20.5. The molecule has 0 saturated carbocycles. The van der Waals surface area contributed by atoms with Crippen LogP contribution in [0.4, 0.5) is 0 Å². The molecule has 1 unspecified atom stereocenters. The second-order valence-electron chi connectivity index (χ2n) is 9.79. The van der Waals surface area contributed by atoms with Gasteiger partial charge in [0.25, 0.3) is 11.8 Å². The lowest BCUT2D eigenvalue weighted by Gasteiger charge is -2.26. The van der Waals surface area contributed by atoms with Gasteiger partial charge in [0.2, 0.25) is 0 Å². The molecular weight excluding hydrogens is 554 g/mol. The number of hydrogen-bond donors (Lipinski definition) is 2. The van der Waals surface area contributed by atoms with E-state index in [9.17, 15) is 14.7 Å². The normalized spacial score (nSPS) is 14.2. The maximum Gasteiger partial charge on any atom is 0.271 e. The van der Waals surface area contributed by atoms with Crippen LogP contribution in [0.5, 0.6) is 11.5 Å². The molecule has 0 aliphatic carbocycles. The van der Waals surface area contributed by atoms with Gasteiger partial charge in [0.05, 0.1) is 24.0 Å². The Morgan fingerprint density at radius 3 is 2.60 bits per heavy atom. The van der Waals surface area contributed by atoms with Gasteiger partial charge in [-0.25, -0.2) is 5.43 Å². The van der Waals surface area contributed by atoms with Crippen molar-refractivity contribution in [1.29, 1.82) is 0 Å². The van der Waals surface area contributed by atoms with E-state index >= 15 is 0 Å². The third-order valence-corrected chi connectivity index (χ3v) is 7.21. The summed E-state index contributed by atoms with van der Waals surface area (Å²) in [6.07, 6.45) is 6.64. The molecule has 1 aliphatic rings. The molecule has 1 atom stereocenters. The SMILES string of the molecule is O=C(N/N=C/c1ccc(OCC(=O)N(CCc2ccccc2)CC2CC=CO2)c2ccccc12)c1ccc(O)c(Cl)c1. The monoisotopic (exact) mass is 583 g/mol. The van der Waals surface area contributed by atoms with Crippen LogP contribution in [0.1, 0.15) is 27.9 Å². The summed E-state index contributed by atoms with van der Waals surface area (Å²) >= 11 is 5.90. The predicted octanol–water partition coefficient (Wildman–Crippen LogP) is 5.72. The zero-order valence-corrected chi connectivity index (χ0v) is 23.5. The van der Waals surface area contributed by atoms with Gasteiger partial charge >= 0.3 is 0 Å². The van der Waals surface area contributed by atoms with E-state index in [2.05, 4.69) is 22.7 Å². The Kier molecular flexibility index (Phi) is 9.36. The van der Waals surface area contributed by atoms with Crippen molar-refractivity contribution in [2.45, 2.75) is 18.9 Å². The number of aromatic hydroxyl groups is 1. The number of ether oxygens (including phenoxy) is 2. The fraction of sp³-hybridized carbons (Fsp3) is 0.182. The lowest BCUT2D eigenvalue weighted by molar-refractivity contribution is -0.134. The van der Waals surface area contributed by atoms with Crippen molar-refractivity contribution < 1.29 is 24.2 Å². The fourth-order valence-corrected chi connectivity index (χ4v) is 4.84. The summed E-state index contributed by atoms with van der Waals surface area (Å²) < 4.78 is 11.7. The number of hydrazone groups is 1. The molecule has 0 aromatic heterocycles. The van der Waals surface area contributed by atoms with Crippen molar-refractivity contribution in [3.8, 4) is 11.5 Å². The van der Waals surface area contributed by atoms with Crippen LogP contribution in [0, 0.1) is 0 Å². The largest absolute Gasteiger partial charge is 0.506 e. The molecule has 2 amide bonds. The van der Waals surface area contributed by atoms with Gasteiger partial charge in [-0.2, -0.15) is 5.10 Å². The molecule has 9 heteroatoms. The van der Waals surface area contributed by atoms with Gasteiger partial charge in [-0.3, -0.25) is 9.59 Å². The molecule has 4 aromatic rings. The van der Waals surface area contributed by atoms with Crippen LogP contribution in [0.15, 0.2) is 102 Å². The molecule has 1 heterocycles. The lowest BCUT2D eigenvalue weighted by Crippen LogP contribution is -2.41. The number of benzene rings is 4. The third-order valence-electron chi connectivity index (χ3n) is 6.90. The number of amides is 2. The van der Waals surface area contributed by atoms with Gasteiger partial charge in [-0.05, 0) is 53.8 Å². The maximum atomic E-state index is 13.3. The number of nitrogens with zero attached hydrogens (tertiary/aromatic N) is 2. The Labute approximate surface area is 248 Å². The van der Waals surface area contributed by atoms with Crippen molar-refractivity contribution in [2.24, 2.45) is 5.10 Å². The van der Waals surface area contributed by atoms with Crippen molar-refractivity contribution in [1.82, 2.24) is 10.3 Å². The van der Waals surface area contributed by atoms with Crippen molar-refractivity contribution in [3.63, 3.8) is 0 Å². The second kappa shape index (κ2) is 13.7. The first-order valence-electron chi connectivity index (χ1n) is 13.6. The average Bonchev–Trinajstić information content (AvgIpc) is 3.53. The number of hydrogen-bond acceptors (Lipinski definition) is 6. The molecule has 2 N–H and O–H groups in total. The van der Waals surface area contributed by atoms with Gasteiger partial charge in [-0.15, -0.1) is 0 Å².